The van der Waals surface area contributed by atoms with Crippen LogP contribution in [-0.2, 0) is 14.2 Å². The van der Waals surface area contributed by atoms with Gasteiger partial charge >= 0.3 is 0 Å². The molecular weight excluding hydrogens is 398 g/mol. The van der Waals surface area contributed by atoms with Crippen molar-refractivity contribution in [3.8, 4) is 0 Å². The van der Waals surface area contributed by atoms with Crippen LogP contribution < -0.4 is 5.32 Å². The van der Waals surface area contributed by atoms with E-state index in [4.69, 9.17) is 25.8 Å². The fraction of sp³-hybridized carbons (Fsp3) is 0.737. The summed E-state index contributed by atoms with van der Waals surface area (Å²) in [6.07, 6.45) is 0.791. The van der Waals surface area contributed by atoms with Crippen molar-refractivity contribution in [2.75, 3.05) is 18.5 Å². The molecule has 10 heteroatoms. The summed E-state index contributed by atoms with van der Waals surface area (Å²) in [5.74, 6) is -0.173. The van der Waals surface area contributed by atoms with Crippen LogP contribution >= 0.6 is 11.6 Å². The van der Waals surface area contributed by atoms with Gasteiger partial charge in [0.25, 0.3) is 0 Å². The number of aliphatic hydroxyl groups excluding tert-OH is 1. The van der Waals surface area contributed by atoms with E-state index in [2.05, 4.69) is 41.0 Å². The molecule has 2 N–H and O–H groups in total. The second-order valence-corrected chi connectivity index (χ2v) is 9.55. The van der Waals surface area contributed by atoms with Gasteiger partial charge in [-0.15, -0.1) is 0 Å². The SMILES string of the molecule is CC(C)(C)CCNc1nc(Cl)nc2c1ncn2[C@@H]1O[C@H](CO)[C@H]2OC(C)(C)O[C@H]21. The van der Waals surface area contributed by atoms with Crippen LogP contribution in [0.2, 0.25) is 5.28 Å². The summed E-state index contributed by atoms with van der Waals surface area (Å²) >= 11 is 6.20. The molecule has 2 aromatic rings. The van der Waals surface area contributed by atoms with Crippen molar-refractivity contribution < 1.29 is 19.3 Å². The minimum atomic E-state index is -0.756. The molecule has 2 aromatic heterocycles. The van der Waals surface area contributed by atoms with E-state index in [9.17, 15) is 5.11 Å². The summed E-state index contributed by atoms with van der Waals surface area (Å²) in [4.78, 5) is 13.2. The molecule has 160 valence electrons. The Morgan fingerprint density at radius 3 is 2.66 bits per heavy atom. The van der Waals surface area contributed by atoms with Crippen LogP contribution in [0.1, 0.15) is 47.3 Å². The number of aromatic nitrogens is 4. The second-order valence-electron chi connectivity index (χ2n) is 9.22. The van der Waals surface area contributed by atoms with Gasteiger partial charge in [-0.3, -0.25) is 4.57 Å². The topological polar surface area (TPSA) is 104 Å². The number of halogens is 1. The molecule has 4 heterocycles. The summed E-state index contributed by atoms with van der Waals surface area (Å²) in [7, 11) is 0. The molecule has 2 fully saturated rings. The average Bonchev–Trinajstić information content (AvgIpc) is 3.24. The lowest BCUT2D eigenvalue weighted by atomic mass is 9.92. The van der Waals surface area contributed by atoms with Gasteiger partial charge in [-0.2, -0.15) is 9.97 Å². The maximum Gasteiger partial charge on any atom is 0.226 e. The van der Waals surface area contributed by atoms with Crippen LogP contribution in [0.4, 0.5) is 5.82 Å². The highest BCUT2D eigenvalue weighted by Crippen LogP contribution is 2.43. The van der Waals surface area contributed by atoms with Crippen molar-refractivity contribution in [3.05, 3.63) is 11.6 Å². The fourth-order valence-electron chi connectivity index (χ4n) is 3.79. The molecule has 0 bridgehead atoms. The van der Waals surface area contributed by atoms with Crippen LogP contribution in [0.15, 0.2) is 6.33 Å². The van der Waals surface area contributed by atoms with Crippen LogP contribution in [0, 0.1) is 5.41 Å². The predicted molar refractivity (Wildman–Crippen MR) is 108 cm³/mol. The first kappa shape index (κ1) is 20.7. The van der Waals surface area contributed by atoms with Gasteiger partial charge in [0, 0.05) is 6.54 Å². The number of anilines is 1. The number of nitrogens with one attached hydrogen (secondary N) is 1. The lowest BCUT2D eigenvalue weighted by molar-refractivity contribution is -0.199. The van der Waals surface area contributed by atoms with Crippen molar-refractivity contribution in [3.63, 3.8) is 0 Å². The monoisotopic (exact) mass is 425 g/mol. The highest BCUT2D eigenvalue weighted by molar-refractivity contribution is 6.28. The zero-order valence-electron chi connectivity index (χ0n) is 17.3. The smallest absolute Gasteiger partial charge is 0.226 e. The van der Waals surface area contributed by atoms with E-state index in [-0.39, 0.29) is 23.4 Å². The molecule has 4 rings (SSSR count). The number of rotatable bonds is 5. The Labute approximate surface area is 174 Å². The maximum absolute atomic E-state index is 9.72. The third-order valence-corrected chi connectivity index (χ3v) is 5.31. The number of fused-ring (bicyclic) bond motifs is 2. The standard InChI is InChI=1S/C19H28ClN5O4/c1-18(2,3)6-7-21-14-11-15(24-17(20)23-14)25(9-22-11)16-13-12(10(8-26)27-16)28-19(4,5)29-13/h9-10,12-13,16,26H,6-8H2,1-5H3,(H,21,23,24)/t10-,12-,13-,16-/m1/s1. The van der Waals surface area contributed by atoms with Gasteiger partial charge in [-0.1, -0.05) is 20.8 Å². The van der Waals surface area contributed by atoms with E-state index >= 15 is 0 Å². The van der Waals surface area contributed by atoms with E-state index < -0.39 is 24.2 Å². The highest BCUT2D eigenvalue weighted by atomic mass is 35.5. The number of hydrogen-bond acceptors (Lipinski definition) is 8. The van der Waals surface area contributed by atoms with Gasteiger partial charge in [0.05, 0.1) is 12.9 Å². The number of nitrogens with zero attached hydrogens (tertiary/aromatic N) is 4. The molecular formula is C19H28ClN5O4. The molecule has 0 aromatic carbocycles. The predicted octanol–water partition coefficient (Wildman–Crippen LogP) is 2.74. The van der Waals surface area contributed by atoms with Gasteiger partial charge in [-0.05, 0) is 37.3 Å². The van der Waals surface area contributed by atoms with E-state index in [0.717, 1.165) is 13.0 Å². The Bertz CT molecular complexity index is 897. The molecule has 0 amide bonds. The largest absolute Gasteiger partial charge is 0.394 e. The lowest BCUT2D eigenvalue weighted by Crippen LogP contribution is -2.31. The van der Waals surface area contributed by atoms with Gasteiger partial charge < -0.3 is 24.6 Å². The van der Waals surface area contributed by atoms with Gasteiger partial charge in [0.1, 0.15) is 18.3 Å². The molecule has 0 saturated carbocycles. The Morgan fingerprint density at radius 1 is 1.24 bits per heavy atom. The van der Waals surface area contributed by atoms with Crippen LogP contribution in [-0.4, -0.2) is 61.9 Å². The summed E-state index contributed by atoms with van der Waals surface area (Å²) in [5.41, 5.74) is 1.34. The van der Waals surface area contributed by atoms with Crippen LogP contribution in [0.3, 0.4) is 0 Å². The van der Waals surface area contributed by atoms with E-state index in [1.807, 2.05) is 13.8 Å². The third-order valence-electron chi connectivity index (χ3n) is 5.14. The Kier molecular flexibility index (Phi) is 5.23. The summed E-state index contributed by atoms with van der Waals surface area (Å²) in [6.45, 7) is 10.8. The number of imidazole rings is 1. The van der Waals surface area contributed by atoms with E-state index in [1.54, 1.807) is 10.9 Å². The third kappa shape index (κ3) is 4.06. The van der Waals surface area contributed by atoms with Gasteiger partial charge in [-0.25, -0.2) is 4.98 Å². The zero-order valence-corrected chi connectivity index (χ0v) is 18.1. The lowest BCUT2D eigenvalue weighted by Gasteiger charge is -2.24. The van der Waals surface area contributed by atoms with E-state index in [1.165, 1.54) is 0 Å². The van der Waals surface area contributed by atoms with Crippen molar-refractivity contribution >= 4 is 28.6 Å². The van der Waals surface area contributed by atoms with Gasteiger partial charge in [0.15, 0.2) is 29.0 Å². The van der Waals surface area contributed by atoms with Crippen molar-refractivity contribution in [1.82, 2.24) is 19.5 Å². The Morgan fingerprint density at radius 2 is 1.97 bits per heavy atom. The molecule has 0 spiro atoms. The molecule has 0 radical (unpaired) electrons. The minimum absolute atomic E-state index is 0.120. The van der Waals surface area contributed by atoms with Crippen molar-refractivity contribution in [2.24, 2.45) is 5.41 Å². The second kappa shape index (κ2) is 7.31. The molecule has 0 aliphatic carbocycles. The number of ether oxygens (including phenoxy) is 3. The highest BCUT2D eigenvalue weighted by Gasteiger charge is 2.56. The zero-order chi connectivity index (χ0) is 21.0. The quantitative estimate of drug-likeness (QED) is 0.705. The van der Waals surface area contributed by atoms with Crippen molar-refractivity contribution in [1.29, 1.82) is 0 Å². The first-order valence-corrected chi connectivity index (χ1v) is 10.2. The normalized spacial score (nSPS) is 28.8. The summed E-state index contributed by atoms with van der Waals surface area (Å²) < 4.78 is 19.8. The first-order valence-electron chi connectivity index (χ1n) is 9.84. The molecule has 4 atom stereocenters. The first-order chi connectivity index (χ1) is 13.6. The Balaban J connectivity index is 1.65. The maximum atomic E-state index is 9.72. The average molecular weight is 426 g/mol. The van der Waals surface area contributed by atoms with Crippen LogP contribution in [0.5, 0.6) is 0 Å². The minimum Gasteiger partial charge on any atom is -0.394 e. The fourth-order valence-corrected chi connectivity index (χ4v) is 3.95. The molecule has 9 nitrogen and oxygen atoms in total. The Hall–Kier alpha value is -1.52. The number of hydrogen-bond donors (Lipinski definition) is 2. The molecule has 2 aliphatic rings. The van der Waals surface area contributed by atoms with Crippen LogP contribution in [0.25, 0.3) is 11.2 Å². The van der Waals surface area contributed by atoms with Gasteiger partial charge in [0.2, 0.25) is 5.28 Å². The molecule has 2 aliphatic heterocycles. The molecule has 0 unspecified atom stereocenters. The van der Waals surface area contributed by atoms with E-state index in [0.29, 0.717) is 17.0 Å². The number of aliphatic hydroxyl groups is 1. The molecule has 29 heavy (non-hydrogen) atoms. The van der Waals surface area contributed by atoms with Crippen molar-refractivity contribution in [2.45, 2.75) is 71.4 Å². The summed E-state index contributed by atoms with van der Waals surface area (Å²) in [6, 6.07) is 0. The molecule has 2 saturated heterocycles. The summed E-state index contributed by atoms with van der Waals surface area (Å²) in [5, 5.41) is 13.2.